The van der Waals surface area contributed by atoms with E-state index in [2.05, 4.69) is 20.5 Å². The minimum Gasteiger partial charge on any atom is -0.316 e. The smallest absolute Gasteiger partial charge is 0.316 e. The van der Waals surface area contributed by atoms with Gasteiger partial charge in [-0.25, -0.2) is 4.79 Å². The summed E-state index contributed by atoms with van der Waals surface area (Å²) in [5, 5.41) is 3.67. The molecule has 26 heavy (non-hydrogen) atoms. The van der Waals surface area contributed by atoms with Crippen LogP contribution in [0.25, 0.3) is 0 Å². The Hall–Kier alpha value is -1.96. The number of hydrogen-bond donors (Lipinski definition) is 4. The van der Waals surface area contributed by atoms with Gasteiger partial charge in [0, 0.05) is 13.1 Å². The average molecular weight is 391 g/mol. The monoisotopic (exact) mass is 391 g/mol. The maximum absolute atomic E-state index is 12.3. The van der Waals surface area contributed by atoms with Crippen molar-refractivity contribution in [3.63, 3.8) is 0 Å². The number of nitrogens with zero attached hydrogens (tertiary/aromatic N) is 2. The maximum atomic E-state index is 12.3. The van der Waals surface area contributed by atoms with Crippen LogP contribution in [0.4, 0.5) is 4.79 Å². The minimum absolute atomic E-state index is 0.0902. The molecular formula is C13H21N5O7S. The molecule has 4 amide bonds. The standard InChI is InChI=1S/C13H21N5O7S/c19-11(8-2-1-5-14-6-8)15-16-12(20)10-4-3-9-7-17(10)13(21)18(9)25-26(22,23)24/h8-10,14H,1-7H2,(H,15,19)(H,16,20)(H,22,23,24)/t8-,9+,10+/m0/s1. The van der Waals surface area contributed by atoms with Crippen molar-refractivity contribution in [1.82, 2.24) is 26.1 Å². The summed E-state index contributed by atoms with van der Waals surface area (Å²) in [6.07, 6.45) is 2.19. The molecule has 3 aliphatic heterocycles. The van der Waals surface area contributed by atoms with Crippen molar-refractivity contribution < 1.29 is 31.6 Å². The van der Waals surface area contributed by atoms with Gasteiger partial charge in [-0.2, -0.15) is 13.5 Å². The van der Waals surface area contributed by atoms with Crippen molar-refractivity contribution in [3.8, 4) is 0 Å². The molecule has 13 heteroatoms. The lowest BCUT2D eigenvalue weighted by molar-refractivity contribution is -0.133. The Balaban J connectivity index is 1.56. The predicted octanol–water partition coefficient (Wildman–Crippen LogP) is -1.86. The summed E-state index contributed by atoms with van der Waals surface area (Å²) in [5.74, 6) is -1.10. The van der Waals surface area contributed by atoms with E-state index in [-0.39, 0.29) is 24.8 Å². The zero-order chi connectivity index (χ0) is 18.9. The fourth-order valence-electron chi connectivity index (χ4n) is 3.49. The van der Waals surface area contributed by atoms with Gasteiger partial charge >= 0.3 is 16.4 Å². The number of amides is 4. The molecule has 146 valence electrons. The Kier molecular flexibility index (Phi) is 5.32. The molecule has 3 rings (SSSR count). The number of hydrogen-bond acceptors (Lipinski definition) is 7. The molecule has 3 aliphatic rings. The second kappa shape index (κ2) is 7.34. The van der Waals surface area contributed by atoms with Crippen molar-refractivity contribution in [1.29, 1.82) is 0 Å². The second-order valence-corrected chi connectivity index (χ2v) is 7.54. The van der Waals surface area contributed by atoms with E-state index in [1.807, 2.05) is 0 Å². The highest BCUT2D eigenvalue weighted by Crippen LogP contribution is 2.30. The molecule has 0 saturated carbocycles. The van der Waals surface area contributed by atoms with Crippen molar-refractivity contribution in [2.24, 2.45) is 5.92 Å². The van der Waals surface area contributed by atoms with Crippen LogP contribution in [-0.2, 0) is 24.3 Å². The molecule has 12 nitrogen and oxygen atoms in total. The molecule has 0 aromatic rings. The number of carbonyl (C=O) groups excluding carboxylic acids is 3. The van der Waals surface area contributed by atoms with E-state index >= 15 is 0 Å². The van der Waals surface area contributed by atoms with Crippen LogP contribution in [0.3, 0.4) is 0 Å². The Bertz CT molecular complexity index is 693. The van der Waals surface area contributed by atoms with E-state index in [0.29, 0.717) is 18.0 Å². The van der Waals surface area contributed by atoms with Crippen LogP contribution >= 0.6 is 0 Å². The molecule has 3 atom stereocenters. The van der Waals surface area contributed by atoms with Crippen molar-refractivity contribution in [2.45, 2.75) is 37.8 Å². The normalized spacial score (nSPS) is 28.8. The third kappa shape index (κ3) is 4.06. The number of fused-ring (bicyclic) bond motifs is 2. The first-order valence-electron chi connectivity index (χ1n) is 8.33. The summed E-state index contributed by atoms with van der Waals surface area (Å²) < 4.78 is 34.8. The van der Waals surface area contributed by atoms with Crippen LogP contribution < -0.4 is 16.2 Å². The number of piperidine rings is 2. The van der Waals surface area contributed by atoms with Crippen LogP contribution in [0.5, 0.6) is 0 Å². The Labute approximate surface area is 150 Å². The van der Waals surface area contributed by atoms with Gasteiger partial charge in [0.15, 0.2) is 0 Å². The number of nitrogens with one attached hydrogen (secondary N) is 3. The summed E-state index contributed by atoms with van der Waals surface area (Å²) >= 11 is 0. The SMILES string of the molecule is O=C(NNC(=O)[C@H]1CC[C@@H]2CN1C(=O)N2OS(=O)(=O)O)[C@H]1CCCNC1. The van der Waals surface area contributed by atoms with Crippen molar-refractivity contribution in [2.75, 3.05) is 19.6 Å². The van der Waals surface area contributed by atoms with E-state index in [9.17, 15) is 22.8 Å². The number of urea groups is 1. The molecule has 0 aromatic carbocycles. The Morgan fingerprint density at radius 3 is 2.58 bits per heavy atom. The van der Waals surface area contributed by atoms with Crippen LogP contribution in [0.1, 0.15) is 25.7 Å². The zero-order valence-electron chi connectivity index (χ0n) is 13.9. The first-order chi connectivity index (χ1) is 12.3. The molecule has 3 fully saturated rings. The summed E-state index contributed by atoms with van der Waals surface area (Å²) in [7, 11) is -4.84. The van der Waals surface area contributed by atoms with E-state index < -0.39 is 34.4 Å². The predicted molar refractivity (Wildman–Crippen MR) is 85.3 cm³/mol. The summed E-state index contributed by atoms with van der Waals surface area (Å²) in [5.41, 5.74) is 4.70. The molecular weight excluding hydrogens is 370 g/mol. The van der Waals surface area contributed by atoms with E-state index in [0.717, 1.165) is 24.3 Å². The fraction of sp³-hybridized carbons (Fsp3) is 0.769. The largest absolute Gasteiger partial charge is 0.418 e. The van der Waals surface area contributed by atoms with Crippen molar-refractivity contribution in [3.05, 3.63) is 0 Å². The molecule has 0 aromatic heterocycles. The minimum atomic E-state index is -4.84. The van der Waals surface area contributed by atoms with Crippen LogP contribution in [-0.4, -0.2) is 72.5 Å². The highest BCUT2D eigenvalue weighted by molar-refractivity contribution is 7.80. The topological polar surface area (TPSA) is 157 Å². The van der Waals surface area contributed by atoms with Gasteiger partial charge in [0.25, 0.3) is 5.91 Å². The highest BCUT2D eigenvalue weighted by atomic mass is 32.3. The lowest BCUT2D eigenvalue weighted by Gasteiger charge is -2.29. The summed E-state index contributed by atoms with van der Waals surface area (Å²) in [6, 6.07) is -2.26. The molecule has 0 spiro atoms. The molecule has 3 saturated heterocycles. The number of hydroxylamine groups is 2. The highest BCUT2D eigenvalue weighted by Gasteiger charge is 2.49. The van der Waals surface area contributed by atoms with Gasteiger partial charge in [-0.15, -0.1) is 4.28 Å². The van der Waals surface area contributed by atoms with Crippen LogP contribution in [0, 0.1) is 5.92 Å². The number of carbonyl (C=O) groups is 3. The maximum Gasteiger partial charge on any atom is 0.418 e. The molecule has 0 aliphatic carbocycles. The van der Waals surface area contributed by atoms with Crippen molar-refractivity contribution >= 4 is 28.2 Å². The third-order valence-corrected chi connectivity index (χ3v) is 5.13. The van der Waals surface area contributed by atoms with Crippen LogP contribution in [0.15, 0.2) is 0 Å². The first-order valence-corrected chi connectivity index (χ1v) is 9.70. The van der Waals surface area contributed by atoms with Crippen LogP contribution in [0.2, 0.25) is 0 Å². The molecule has 3 heterocycles. The van der Waals surface area contributed by atoms with Gasteiger partial charge < -0.3 is 10.2 Å². The van der Waals surface area contributed by atoms with Gasteiger partial charge in [-0.1, -0.05) is 0 Å². The Morgan fingerprint density at radius 1 is 1.19 bits per heavy atom. The average Bonchev–Trinajstić information content (AvgIpc) is 2.84. The van der Waals surface area contributed by atoms with E-state index in [1.165, 1.54) is 0 Å². The van der Waals surface area contributed by atoms with Gasteiger partial charge in [0.2, 0.25) is 5.91 Å². The number of rotatable bonds is 4. The van der Waals surface area contributed by atoms with Gasteiger partial charge in [-0.3, -0.25) is 25.0 Å². The third-order valence-electron chi connectivity index (χ3n) is 4.78. The Morgan fingerprint density at radius 2 is 1.92 bits per heavy atom. The molecule has 4 N–H and O–H groups in total. The summed E-state index contributed by atoms with van der Waals surface area (Å²) in [6.45, 7) is 1.49. The lowest BCUT2D eigenvalue weighted by atomic mass is 9.99. The van der Waals surface area contributed by atoms with E-state index in [4.69, 9.17) is 4.55 Å². The van der Waals surface area contributed by atoms with Gasteiger partial charge in [0.05, 0.1) is 12.0 Å². The molecule has 0 unspecified atom stereocenters. The molecule has 0 radical (unpaired) electrons. The van der Waals surface area contributed by atoms with E-state index in [1.54, 1.807) is 0 Å². The quantitative estimate of drug-likeness (QED) is 0.321. The second-order valence-electron chi connectivity index (χ2n) is 6.53. The first kappa shape index (κ1) is 18.8. The fourth-order valence-corrected chi connectivity index (χ4v) is 3.88. The van der Waals surface area contributed by atoms with Gasteiger partial charge in [-0.05, 0) is 32.2 Å². The zero-order valence-corrected chi connectivity index (χ0v) is 14.7. The molecule has 2 bridgehead atoms. The summed E-state index contributed by atoms with van der Waals surface area (Å²) in [4.78, 5) is 37.8. The van der Waals surface area contributed by atoms with Gasteiger partial charge in [0.1, 0.15) is 6.04 Å². The number of hydrazine groups is 1. The lowest BCUT2D eigenvalue weighted by Crippen LogP contribution is -2.55.